The Morgan fingerprint density at radius 2 is 2.24 bits per heavy atom. The number of rotatable bonds is 2. The largest absolute Gasteiger partial charge is 0.479 e. The number of likely N-dealkylation sites (N-methyl/N-ethyl adjacent to an activating group) is 1. The van der Waals surface area contributed by atoms with Crippen molar-refractivity contribution >= 4 is 11.6 Å². The Hall–Kier alpha value is -1.55. The normalized spacial score (nSPS) is 20.8. The Balaban J connectivity index is 2.40. The summed E-state index contributed by atoms with van der Waals surface area (Å²) in [5.74, 6) is 1.04. The minimum atomic E-state index is -0.420. The Morgan fingerprint density at radius 1 is 1.53 bits per heavy atom. The monoisotopic (exact) mass is 234 g/mol. The summed E-state index contributed by atoms with van der Waals surface area (Å²) in [7, 11) is 1.77. The maximum atomic E-state index is 11.7. The molecule has 1 aromatic rings. The van der Waals surface area contributed by atoms with Crippen LogP contribution in [0.4, 0.5) is 5.69 Å². The molecule has 0 saturated carbocycles. The molecule has 1 aliphatic heterocycles. The molecule has 0 spiro atoms. The highest BCUT2D eigenvalue weighted by molar-refractivity contribution is 5.99. The summed E-state index contributed by atoms with van der Waals surface area (Å²) in [6.07, 6.45) is -0.420. The van der Waals surface area contributed by atoms with Crippen molar-refractivity contribution < 1.29 is 9.53 Å². The highest BCUT2D eigenvalue weighted by atomic mass is 16.5. The predicted molar refractivity (Wildman–Crippen MR) is 67.4 cm³/mol. The van der Waals surface area contributed by atoms with Crippen molar-refractivity contribution in [2.45, 2.75) is 25.9 Å². The number of ether oxygens (including phenoxy) is 1. The van der Waals surface area contributed by atoms with Crippen molar-refractivity contribution in [1.82, 2.24) is 0 Å². The van der Waals surface area contributed by atoms with Crippen LogP contribution in [0.25, 0.3) is 0 Å². The molecule has 0 aliphatic carbocycles. The van der Waals surface area contributed by atoms with E-state index in [4.69, 9.17) is 10.5 Å². The van der Waals surface area contributed by atoms with E-state index in [1.165, 1.54) is 0 Å². The zero-order valence-electron chi connectivity index (χ0n) is 10.4. The predicted octanol–water partition coefficient (Wildman–Crippen LogP) is 1.49. The molecule has 1 heterocycles. The number of amides is 1. The maximum absolute atomic E-state index is 11.7. The van der Waals surface area contributed by atoms with Crippen LogP contribution in [0.3, 0.4) is 0 Å². The van der Waals surface area contributed by atoms with E-state index in [0.29, 0.717) is 12.5 Å². The average Bonchev–Trinajstić information content (AvgIpc) is 2.34. The van der Waals surface area contributed by atoms with Gasteiger partial charge < -0.3 is 15.4 Å². The van der Waals surface area contributed by atoms with Crippen LogP contribution >= 0.6 is 0 Å². The molecule has 1 aliphatic rings. The van der Waals surface area contributed by atoms with Crippen LogP contribution in [-0.2, 0) is 4.79 Å². The quantitative estimate of drug-likeness (QED) is 0.843. The van der Waals surface area contributed by atoms with E-state index < -0.39 is 6.10 Å². The summed E-state index contributed by atoms with van der Waals surface area (Å²) in [6, 6.07) is 5.90. The first-order valence-electron chi connectivity index (χ1n) is 5.82. The van der Waals surface area contributed by atoms with Crippen molar-refractivity contribution in [3.05, 3.63) is 23.8 Å². The van der Waals surface area contributed by atoms with Gasteiger partial charge in [-0.25, -0.2) is 0 Å². The molecule has 2 unspecified atom stereocenters. The number of hydrogen-bond acceptors (Lipinski definition) is 3. The fraction of sp³-hybridized carbons (Fsp3) is 0.462. The standard InChI is InChI=1S/C13H18N2O2/c1-8(7-14)10-4-5-11-12(6-10)17-9(2)13(16)15(11)3/h4-6,8-9H,7,14H2,1-3H3. The average molecular weight is 234 g/mol. The van der Waals surface area contributed by atoms with Crippen molar-refractivity contribution in [3.8, 4) is 5.75 Å². The van der Waals surface area contributed by atoms with Crippen LogP contribution in [0.15, 0.2) is 18.2 Å². The van der Waals surface area contributed by atoms with Gasteiger partial charge in [0.05, 0.1) is 5.69 Å². The first kappa shape index (κ1) is 11.9. The highest BCUT2D eigenvalue weighted by Crippen LogP contribution is 2.35. The van der Waals surface area contributed by atoms with E-state index in [1.54, 1.807) is 18.9 Å². The number of fused-ring (bicyclic) bond motifs is 1. The number of carbonyl (C=O) groups is 1. The molecule has 1 amide bonds. The third kappa shape index (κ3) is 2.00. The van der Waals surface area contributed by atoms with Crippen LogP contribution < -0.4 is 15.4 Å². The zero-order valence-corrected chi connectivity index (χ0v) is 10.4. The lowest BCUT2D eigenvalue weighted by molar-refractivity contribution is -0.125. The number of nitrogens with two attached hydrogens (primary N) is 1. The van der Waals surface area contributed by atoms with Crippen molar-refractivity contribution in [2.24, 2.45) is 5.73 Å². The van der Waals surface area contributed by atoms with Crippen molar-refractivity contribution in [1.29, 1.82) is 0 Å². The summed E-state index contributed by atoms with van der Waals surface area (Å²) >= 11 is 0. The molecular weight excluding hydrogens is 216 g/mol. The molecular formula is C13H18N2O2. The minimum absolute atomic E-state index is 0.0166. The third-order valence-corrected chi connectivity index (χ3v) is 3.25. The SMILES string of the molecule is CC1Oc2cc(C(C)CN)ccc2N(C)C1=O. The second-order valence-electron chi connectivity index (χ2n) is 4.52. The lowest BCUT2D eigenvalue weighted by atomic mass is 10.00. The van der Waals surface area contributed by atoms with Gasteiger partial charge in [-0.1, -0.05) is 13.0 Å². The molecule has 2 N–H and O–H groups in total. The highest BCUT2D eigenvalue weighted by Gasteiger charge is 2.29. The molecule has 0 aromatic heterocycles. The minimum Gasteiger partial charge on any atom is -0.479 e. The fourth-order valence-corrected chi connectivity index (χ4v) is 1.98. The lowest BCUT2D eigenvalue weighted by Gasteiger charge is -2.30. The van der Waals surface area contributed by atoms with Gasteiger partial charge in [-0.3, -0.25) is 4.79 Å². The maximum Gasteiger partial charge on any atom is 0.267 e. The van der Waals surface area contributed by atoms with E-state index in [-0.39, 0.29) is 5.91 Å². The fourth-order valence-electron chi connectivity index (χ4n) is 1.98. The summed E-state index contributed by atoms with van der Waals surface area (Å²) in [6.45, 7) is 4.44. The number of carbonyl (C=O) groups excluding carboxylic acids is 1. The van der Waals surface area contributed by atoms with Crippen LogP contribution in [-0.4, -0.2) is 25.6 Å². The van der Waals surface area contributed by atoms with Crippen LogP contribution in [0, 0.1) is 0 Å². The second-order valence-corrected chi connectivity index (χ2v) is 4.52. The Bertz CT molecular complexity index is 445. The van der Waals surface area contributed by atoms with E-state index >= 15 is 0 Å². The topological polar surface area (TPSA) is 55.6 Å². The molecule has 4 nitrogen and oxygen atoms in total. The molecule has 0 fully saturated rings. The smallest absolute Gasteiger partial charge is 0.267 e. The first-order chi connectivity index (χ1) is 8.04. The van der Waals surface area contributed by atoms with Gasteiger partial charge in [0, 0.05) is 7.05 Å². The first-order valence-corrected chi connectivity index (χ1v) is 5.82. The molecule has 2 rings (SSSR count). The molecule has 0 bridgehead atoms. The van der Waals surface area contributed by atoms with Gasteiger partial charge >= 0.3 is 0 Å². The number of nitrogens with zero attached hydrogens (tertiary/aromatic N) is 1. The number of anilines is 1. The number of benzene rings is 1. The van der Waals surface area contributed by atoms with Gasteiger partial charge in [0.25, 0.3) is 5.91 Å². The summed E-state index contributed by atoms with van der Waals surface area (Å²) in [4.78, 5) is 13.4. The molecule has 0 saturated heterocycles. The van der Waals surface area contributed by atoms with Crippen molar-refractivity contribution in [3.63, 3.8) is 0 Å². The Labute approximate surface area is 101 Å². The lowest BCUT2D eigenvalue weighted by Crippen LogP contribution is -2.42. The van der Waals surface area contributed by atoms with Gasteiger partial charge in [0.1, 0.15) is 5.75 Å². The molecule has 0 radical (unpaired) electrons. The summed E-state index contributed by atoms with van der Waals surface area (Å²) in [5.41, 5.74) is 7.61. The van der Waals surface area contributed by atoms with Gasteiger partial charge in [-0.05, 0) is 37.1 Å². The Morgan fingerprint density at radius 3 is 2.88 bits per heavy atom. The van der Waals surface area contributed by atoms with Gasteiger partial charge in [0.2, 0.25) is 0 Å². The molecule has 4 heteroatoms. The van der Waals surface area contributed by atoms with Crippen LogP contribution in [0.1, 0.15) is 25.3 Å². The van der Waals surface area contributed by atoms with Gasteiger partial charge in [-0.2, -0.15) is 0 Å². The molecule has 2 atom stereocenters. The zero-order chi connectivity index (χ0) is 12.6. The molecule has 1 aromatic carbocycles. The summed E-state index contributed by atoms with van der Waals surface area (Å²) < 4.78 is 5.62. The summed E-state index contributed by atoms with van der Waals surface area (Å²) in [5, 5.41) is 0. The van der Waals surface area contributed by atoms with E-state index in [0.717, 1.165) is 17.0 Å². The van der Waals surface area contributed by atoms with Gasteiger partial charge in [-0.15, -0.1) is 0 Å². The van der Waals surface area contributed by atoms with Crippen LogP contribution in [0.5, 0.6) is 5.75 Å². The second kappa shape index (κ2) is 4.37. The van der Waals surface area contributed by atoms with E-state index in [9.17, 15) is 4.79 Å². The molecule has 92 valence electrons. The van der Waals surface area contributed by atoms with E-state index in [2.05, 4.69) is 6.92 Å². The third-order valence-electron chi connectivity index (χ3n) is 3.25. The van der Waals surface area contributed by atoms with Crippen molar-refractivity contribution in [2.75, 3.05) is 18.5 Å². The van der Waals surface area contributed by atoms with Gasteiger partial charge in [0.15, 0.2) is 6.10 Å². The molecule has 17 heavy (non-hydrogen) atoms. The number of hydrogen-bond donors (Lipinski definition) is 1. The van der Waals surface area contributed by atoms with Crippen LogP contribution in [0.2, 0.25) is 0 Å². The Kier molecular flexibility index (Phi) is 3.07. The van der Waals surface area contributed by atoms with E-state index in [1.807, 2.05) is 18.2 Å².